The van der Waals surface area contributed by atoms with Crippen LogP contribution < -0.4 is 15.9 Å². The minimum Gasteiger partial charge on any atom is -0.344 e. The molecule has 0 unspecified atom stereocenters. The Morgan fingerprint density at radius 3 is 1.58 bits per heavy atom. The van der Waals surface area contributed by atoms with Gasteiger partial charge in [0.05, 0.1) is 6.29 Å². The van der Waals surface area contributed by atoms with Crippen LogP contribution in [0.25, 0.3) is 0 Å². The van der Waals surface area contributed by atoms with Crippen LogP contribution in [0.1, 0.15) is 10.4 Å². The second-order valence-electron chi connectivity index (χ2n) is 5.44. The van der Waals surface area contributed by atoms with Gasteiger partial charge < -0.3 is 9.88 Å². The van der Waals surface area contributed by atoms with Crippen molar-refractivity contribution in [3.63, 3.8) is 0 Å². The highest BCUT2D eigenvalue weighted by Crippen LogP contribution is 2.41. The van der Waals surface area contributed by atoms with E-state index >= 15 is 0 Å². The van der Waals surface area contributed by atoms with Crippen LogP contribution in [0.2, 0.25) is 0 Å². The monoisotopic (exact) mass is 335 g/mol. The van der Waals surface area contributed by atoms with Gasteiger partial charge in [0.25, 0.3) is 5.91 Å². The summed E-state index contributed by atoms with van der Waals surface area (Å²) in [4.78, 5) is 12.3. The van der Waals surface area contributed by atoms with Crippen molar-refractivity contribution in [1.29, 1.82) is 0 Å². The Morgan fingerprint density at radius 1 is 0.708 bits per heavy atom. The highest BCUT2D eigenvalue weighted by Gasteiger charge is 2.27. The van der Waals surface area contributed by atoms with E-state index in [1.165, 1.54) is 0 Å². The Labute approximate surface area is 141 Å². The first-order chi connectivity index (χ1) is 11.7. The Hall–Kier alpha value is -2.64. The van der Waals surface area contributed by atoms with E-state index in [9.17, 15) is 9.36 Å². The van der Waals surface area contributed by atoms with Crippen LogP contribution in [-0.4, -0.2) is 12.2 Å². The zero-order chi connectivity index (χ0) is 16.8. The summed E-state index contributed by atoms with van der Waals surface area (Å²) in [6, 6.07) is 27.6. The Morgan fingerprint density at radius 2 is 1.12 bits per heavy atom. The van der Waals surface area contributed by atoms with Crippen molar-refractivity contribution in [1.82, 2.24) is 5.32 Å². The van der Waals surface area contributed by atoms with Gasteiger partial charge in [-0.2, -0.15) is 0 Å². The number of carbonyl (C=O) groups excluding carboxylic acids is 1. The fraction of sp³-hybridized carbons (Fsp3) is 0.0500. The van der Waals surface area contributed by atoms with Gasteiger partial charge in [-0.1, -0.05) is 78.9 Å². The quantitative estimate of drug-likeness (QED) is 0.727. The van der Waals surface area contributed by atoms with E-state index in [0.29, 0.717) is 5.56 Å². The molecule has 1 N–H and O–H groups in total. The number of rotatable bonds is 5. The molecule has 3 aromatic carbocycles. The average Bonchev–Trinajstić information content (AvgIpc) is 2.68. The molecule has 0 aliphatic heterocycles. The summed E-state index contributed by atoms with van der Waals surface area (Å²) in [6.45, 7) is 0. The van der Waals surface area contributed by atoms with Gasteiger partial charge in [-0.15, -0.1) is 0 Å². The fourth-order valence-electron chi connectivity index (χ4n) is 2.54. The lowest BCUT2D eigenvalue weighted by Gasteiger charge is -2.20. The van der Waals surface area contributed by atoms with Crippen LogP contribution in [0.4, 0.5) is 0 Å². The van der Waals surface area contributed by atoms with E-state index in [-0.39, 0.29) is 12.2 Å². The summed E-state index contributed by atoms with van der Waals surface area (Å²) in [6.07, 6.45) is 0.0920. The zero-order valence-electron chi connectivity index (χ0n) is 13.1. The second kappa shape index (κ2) is 7.29. The lowest BCUT2D eigenvalue weighted by atomic mass is 10.2. The molecule has 24 heavy (non-hydrogen) atoms. The lowest BCUT2D eigenvalue weighted by Crippen LogP contribution is -2.30. The van der Waals surface area contributed by atoms with Gasteiger partial charge in [0.15, 0.2) is 7.14 Å². The van der Waals surface area contributed by atoms with E-state index in [4.69, 9.17) is 0 Å². The zero-order valence-corrected chi connectivity index (χ0v) is 14.0. The Bertz CT molecular complexity index is 805. The molecule has 0 heterocycles. The van der Waals surface area contributed by atoms with Gasteiger partial charge in [-0.25, -0.2) is 0 Å². The highest BCUT2D eigenvalue weighted by molar-refractivity contribution is 7.78. The van der Waals surface area contributed by atoms with Crippen LogP contribution in [-0.2, 0) is 4.57 Å². The minimum atomic E-state index is -2.93. The van der Waals surface area contributed by atoms with Crippen molar-refractivity contribution in [2.24, 2.45) is 0 Å². The molecule has 3 rings (SSSR count). The number of benzene rings is 3. The Kier molecular flexibility index (Phi) is 4.93. The number of hydrogen-bond donors (Lipinski definition) is 1. The van der Waals surface area contributed by atoms with Crippen molar-refractivity contribution in [2.45, 2.75) is 0 Å². The van der Waals surface area contributed by atoms with E-state index in [0.717, 1.165) is 10.6 Å². The third-order valence-corrected chi connectivity index (χ3v) is 6.71. The predicted molar refractivity (Wildman–Crippen MR) is 98.5 cm³/mol. The molecule has 4 heteroatoms. The third-order valence-electron chi connectivity index (χ3n) is 3.84. The summed E-state index contributed by atoms with van der Waals surface area (Å²) in [5, 5.41) is 4.32. The Balaban J connectivity index is 1.89. The molecule has 3 aromatic rings. The van der Waals surface area contributed by atoms with Crippen molar-refractivity contribution in [3.8, 4) is 0 Å². The molecule has 0 atom stereocenters. The highest BCUT2D eigenvalue weighted by atomic mass is 31.2. The largest absolute Gasteiger partial charge is 0.344 e. The van der Waals surface area contributed by atoms with E-state index in [2.05, 4.69) is 5.32 Å². The number of amides is 1. The summed E-state index contributed by atoms with van der Waals surface area (Å²) in [5.74, 6) is -0.220. The van der Waals surface area contributed by atoms with Gasteiger partial charge in [-0.3, -0.25) is 4.79 Å². The molecule has 0 aliphatic carbocycles. The van der Waals surface area contributed by atoms with Crippen LogP contribution in [0.5, 0.6) is 0 Å². The van der Waals surface area contributed by atoms with E-state index < -0.39 is 7.14 Å². The van der Waals surface area contributed by atoms with Crippen LogP contribution in [0.15, 0.2) is 91.0 Å². The van der Waals surface area contributed by atoms with Crippen LogP contribution >= 0.6 is 7.14 Å². The van der Waals surface area contributed by atoms with E-state index in [1.54, 1.807) is 12.1 Å². The molecule has 0 radical (unpaired) electrons. The topological polar surface area (TPSA) is 46.2 Å². The second-order valence-corrected chi connectivity index (χ2v) is 8.27. The molecule has 0 aliphatic rings. The minimum absolute atomic E-state index is 0.0920. The molecule has 0 saturated heterocycles. The maximum Gasteiger partial charge on any atom is 0.251 e. The van der Waals surface area contributed by atoms with Gasteiger partial charge >= 0.3 is 0 Å². The smallest absolute Gasteiger partial charge is 0.251 e. The summed E-state index contributed by atoms with van der Waals surface area (Å²) >= 11 is 0. The van der Waals surface area contributed by atoms with Gasteiger partial charge in [0.1, 0.15) is 0 Å². The maximum absolute atomic E-state index is 13.7. The van der Waals surface area contributed by atoms with Gasteiger partial charge in [-0.05, 0) is 12.1 Å². The normalized spacial score (nSPS) is 11.0. The van der Waals surface area contributed by atoms with Crippen LogP contribution in [0, 0.1) is 0 Å². The molecule has 120 valence electrons. The SMILES string of the molecule is O=C(NCP(=O)(c1ccccc1)c1ccccc1)c1ccccc1. The van der Waals surface area contributed by atoms with Crippen molar-refractivity contribution >= 4 is 23.7 Å². The molecule has 0 spiro atoms. The van der Waals surface area contributed by atoms with Gasteiger partial charge in [0.2, 0.25) is 0 Å². The number of nitrogens with one attached hydrogen (secondary N) is 1. The first kappa shape index (κ1) is 16.2. The predicted octanol–water partition coefficient (Wildman–Crippen LogP) is 3.39. The molecular formula is C20H18NO2P. The van der Waals surface area contributed by atoms with Gasteiger partial charge in [0, 0.05) is 16.2 Å². The number of hydrogen-bond acceptors (Lipinski definition) is 2. The lowest BCUT2D eigenvalue weighted by molar-refractivity contribution is 0.0960. The first-order valence-corrected chi connectivity index (χ1v) is 9.63. The van der Waals surface area contributed by atoms with Crippen molar-refractivity contribution < 1.29 is 9.36 Å². The van der Waals surface area contributed by atoms with Crippen molar-refractivity contribution in [3.05, 3.63) is 96.6 Å². The fourth-order valence-corrected chi connectivity index (χ4v) is 4.88. The van der Waals surface area contributed by atoms with Crippen molar-refractivity contribution in [2.75, 3.05) is 6.29 Å². The molecule has 1 amide bonds. The third kappa shape index (κ3) is 3.47. The maximum atomic E-state index is 13.7. The van der Waals surface area contributed by atoms with Crippen LogP contribution in [0.3, 0.4) is 0 Å². The summed E-state index contributed by atoms with van der Waals surface area (Å²) in [7, 11) is -2.93. The van der Waals surface area contributed by atoms with E-state index in [1.807, 2.05) is 78.9 Å². The summed E-state index contributed by atoms with van der Waals surface area (Å²) in [5.41, 5.74) is 0.560. The first-order valence-electron chi connectivity index (χ1n) is 7.74. The molecule has 0 bridgehead atoms. The average molecular weight is 335 g/mol. The molecule has 0 fully saturated rings. The summed E-state index contributed by atoms with van der Waals surface area (Å²) < 4.78 is 13.7. The molecule has 0 aromatic heterocycles. The standard InChI is InChI=1S/C20H18NO2P/c22-20(17-10-4-1-5-11-17)21-16-24(23,18-12-6-2-7-13-18)19-14-8-3-9-15-19/h1-15H,16H2,(H,21,22). The number of carbonyl (C=O) groups is 1. The molecule has 3 nitrogen and oxygen atoms in total. The molecule has 0 saturated carbocycles. The molecular weight excluding hydrogens is 317 g/mol.